The number of nitrogens with two attached hydrogens (primary N) is 1. The summed E-state index contributed by atoms with van der Waals surface area (Å²) in [6, 6.07) is 1.03. The molecule has 0 amide bonds. The SMILES string of the molecule is CCOc1nc(N)nc(OCCC2CCCN2C)n1. The molecule has 1 fully saturated rings. The molecular formula is C12H21N5O2. The number of nitrogens with zero attached hydrogens (tertiary/aromatic N) is 4. The van der Waals surface area contributed by atoms with Crippen LogP contribution in [0.5, 0.6) is 12.0 Å². The van der Waals surface area contributed by atoms with Gasteiger partial charge in [-0.3, -0.25) is 0 Å². The van der Waals surface area contributed by atoms with Crippen LogP contribution in [0, 0.1) is 0 Å². The first-order valence-corrected chi connectivity index (χ1v) is 6.66. The summed E-state index contributed by atoms with van der Waals surface area (Å²) in [6.45, 7) is 4.08. The van der Waals surface area contributed by atoms with Gasteiger partial charge < -0.3 is 20.1 Å². The van der Waals surface area contributed by atoms with Gasteiger partial charge in [-0.25, -0.2) is 0 Å². The molecule has 1 saturated heterocycles. The summed E-state index contributed by atoms with van der Waals surface area (Å²) in [5.74, 6) is 0.117. The van der Waals surface area contributed by atoms with Crippen molar-refractivity contribution < 1.29 is 9.47 Å². The fourth-order valence-corrected chi connectivity index (χ4v) is 2.24. The van der Waals surface area contributed by atoms with E-state index in [4.69, 9.17) is 15.2 Å². The Balaban J connectivity index is 1.84. The van der Waals surface area contributed by atoms with Gasteiger partial charge in [0.1, 0.15) is 0 Å². The molecule has 1 atom stereocenters. The van der Waals surface area contributed by atoms with Crippen molar-refractivity contribution in [3.8, 4) is 12.0 Å². The van der Waals surface area contributed by atoms with Crippen molar-refractivity contribution >= 4 is 5.95 Å². The lowest BCUT2D eigenvalue weighted by atomic mass is 10.2. The summed E-state index contributed by atoms with van der Waals surface area (Å²) < 4.78 is 10.7. The summed E-state index contributed by atoms with van der Waals surface area (Å²) in [6.07, 6.45) is 3.45. The van der Waals surface area contributed by atoms with E-state index >= 15 is 0 Å². The van der Waals surface area contributed by atoms with E-state index in [1.54, 1.807) is 0 Å². The Morgan fingerprint density at radius 1 is 1.26 bits per heavy atom. The Labute approximate surface area is 113 Å². The second-order valence-electron chi connectivity index (χ2n) is 4.61. The molecule has 0 spiro atoms. The van der Waals surface area contributed by atoms with Gasteiger partial charge in [0.25, 0.3) is 0 Å². The molecule has 1 aliphatic rings. The van der Waals surface area contributed by atoms with Crippen LogP contribution in [0.25, 0.3) is 0 Å². The third kappa shape index (κ3) is 3.92. The third-order valence-electron chi connectivity index (χ3n) is 3.24. The summed E-state index contributed by atoms with van der Waals surface area (Å²) in [7, 11) is 2.14. The van der Waals surface area contributed by atoms with Crippen LogP contribution in [-0.4, -0.2) is 52.7 Å². The lowest BCUT2D eigenvalue weighted by Gasteiger charge is -2.18. The van der Waals surface area contributed by atoms with Gasteiger partial charge in [0.15, 0.2) is 0 Å². The zero-order valence-electron chi connectivity index (χ0n) is 11.5. The van der Waals surface area contributed by atoms with Gasteiger partial charge in [0.2, 0.25) is 5.95 Å². The Kier molecular flexibility index (Phi) is 4.73. The van der Waals surface area contributed by atoms with Gasteiger partial charge in [0, 0.05) is 6.04 Å². The number of rotatable bonds is 6. The molecule has 7 heteroatoms. The lowest BCUT2D eigenvalue weighted by molar-refractivity contribution is 0.219. The van der Waals surface area contributed by atoms with Crippen molar-refractivity contribution in [2.45, 2.75) is 32.2 Å². The monoisotopic (exact) mass is 267 g/mol. The van der Waals surface area contributed by atoms with E-state index in [2.05, 4.69) is 26.9 Å². The average molecular weight is 267 g/mol. The number of aromatic nitrogens is 3. The molecule has 0 aliphatic carbocycles. The molecule has 0 saturated carbocycles. The quantitative estimate of drug-likeness (QED) is 0.812. The van der Waals surface area contributed by atoms with Crippen LogP contribution in [0.1, 0.15) is 26.2 Å². The summed E-state index contributed by atoms with van der Waals surface area (Å²) >= 11 is 0. The lowest BCUT2D eigenvalue weighted by Crippen LogP contribution is -2.26. The van der Waals surface area contributed by atoms with Crippen LogP contribution < -0.4 is 15.2 Å². The highest BCUT2D eigenvalue weighted by Crippen LogP contribution is 2.18. The Morgan fingerprint density at radius 2 is 2.00 bits per heavy atom. The van der Waals surface area contributed by atoms with E-state index in [9.17, 15) is 0 Å². The summed E-state index contributed by atoms with van der Waals surface area (Å²) in [4.78, 5) is 14.2. The van der Waals surface area contributed by atoms with Crippen molar-refractivity contribution in [1.82, 2.24) is 19.9 Å². The Morgan fingerprint density at radius 3 is 2.63 bits per heavy atom. The summed E-state index contributed by atoms with van der Waals surface area (Å²) in [5.41, 5.74) is 5.58. The molecule has 1 unspecified atom stereocenters. The van der Waals surface area contributed by atoms with E-state index in [1.807, 2.05) is 6.92 Å². The number of nitrogen functional groups attached to an aromatic ring is 1. The fourth-order valence-electron chi connectivity index (χ4n) is 2.24. The molecule has 1 aliphatic heterocycles. The normalized spacial score (nSPS) is 19.6. The molecule has 106 valence electrons. The molecule has 2 heterocycles. The number of anilines is 1. The third-order valence-corrected chi connectivity index (χ3v) is 3.24. The van der Waals surface area contributed by atoms with Crippen LogP contribution in [0.4, 0.5) is 5.95 Å². The second-order valence-corrected chi connectivity index (χ2v) is 4.61. The molecule has 0 bridgehead atoms. The maximum Gasteiger partial charge on any atom is 0.324 e. The highest BCUT2D eigenvalue weighted by atomic mass is 16.5. The maximum atomic E-state index is 5.58. The summed E-state index contributed by atoms with van der Waals surface area (Å²) in [5, 5.41) is 0. The van der Waals surface area contributed by atoms with Gasteiger partial charge in [-0.15, -0.1) is 4.98 Å². The minimum atomic E-state index is 0.117. The molecule has 2 N–H and O–H groups in total. The molecule has 7 nitrogen and oxygen atoms in total. The van der Waals surface area contributed by atoms with E-state index in [0.29, 0.717) is 19.3 Å². The van der Waals surface area contributed by atoms with E-state index < -0.39 is 0 Å². The maximum absolute atomic E-state index is 5.58. The van der Waals surface area contributed by atoms with Crippen LogP contribution in [0.15, 0.2) is 0 Å². The van der Waals surface area contributed by atoms with Gasteiger partial charge >= 0.3 is 12.0 Å². The Hall–Kier alpha value is -1.63. The van der Waals surface area contributed by atoms with Crippen molar-refractivity contribution in [2.24, 2.45) is 0 Å². The first-order chi connectivity index (χ1) is 9.19. The smallest absolute Gasteiger partial charge is 0.324 e. The minimum Gasteiger partial charge on any atom is -0.464 e. The number of ether oxygens (including phenoxy) is 2. The largest absolute Gasteiger partial charge is 0.464 e. The first-order valence-electron chi connectivity index (χ1n) is 6.66. The highest BCUT2D eigenvalue weighted by molar-refractivity contribution is 5.20. The van der Waals surface area contributed by atoms with Crippen molar-refractivity contribution in [3.05, 3.63) is 0 Å². The van der Waals surface area contributed by atoms with E-state index in [0.717, 1.165) is 13.0 Å². The molecule has 0 radical (unpaired) electrons. The first kappa shape index (κ1) is 13.8. The number of hydrogen-bond acceptors (Lipinski definition) is 7. The van der Waals surface area contributed by atoms with Crippen molar-refractivity contribution in [3.63, 3.8) is 0 Å². The molecule has 0 aromatic carbocycles. The zero-order valence-corrected chi connectivity index (χ0v) is 11.5. The fraction of sp³-hybridized carbons (Fsp3) is 0.750. The molecule has 1 aromatic heterocycles. The van der Waals surface area contributed by atoms with E-state index in [1.165, 1.54) is 12.8 Å². The van der Waals surface area contributed by atoms with Crippen LogP contribution in [0.3, 0.4) is 0 Å². The van der Waals surface area contributed by atoms with Gasteiger partial charge in [-0.1, -0.05) is 0 Å². The van der Waals surface area contributed by atoms with Crippen LogP contribution >= 0.6 is 0 Å². The Bertz CT molecular complexity index is 415. The molecular weight excluding hydrogens is 246 g/mol. The predicted molar refractivity (Wildman–Crippen MR) is 71.2 cm³/mol. The van der Waals surface area contributed by atoms with Crippen molar-refractivity contribution in [1.29, 1.82) is 0 Å². The minimum absolute atomic E-state index is 0.117. The van der Waals surface area contributed by atoms with Crippen LogP contribution in [-0.2, 0) is 0 Å². The topological polar surface area (TPSA) is 86.4 Å². The van der Waals surface area contributed by atoms with Crippen LogP contribution in [0.2, 0.25) is 0 Å². The average Bonchev–Trinajstić information content (AvgIpc) is 2.75. The van der Waals surface area contributed by atoms with E-state index in [-0.39, 0.29) is 18.0 Å². The molecule has 19 heavy (non-hydrogen) atoms. The second kappa shape index (κ2) is 6.51. The molecule has 1 aromatic rings. The highest BCUT2D eigenvalue weighted by Gasteiger charge is 2.20. The molecule has 2 rings (SSSR count). The zero-order chi connectivity index (χ0) is 13.7. The van der Waals surface area contributed by atoms with Gasteiger partial charge in [0.05, 0.1) is 13.2 Å². The number of likely N-dealkylation sites (tertiary alicyclic amines) is 1. The standard InChI is InChI=1S/C12H21N5O2/c1-3-18-11-14-10(13)15-12(16-11)19-8-6-9-5-4-7-17(9)2/h9H,3-8H2,1-2H3,(H2,13,14,15,16). The van der Waals surface area contributed by atoms with Gasteiger partial charge in [-0.2, -0.15) is 9.97 Å². The predicted octanol–water partition coefficient (Wildman–Crippen LogP) is 0.716. The van der Waals surface area contributed by atoms with Crippen molar-refractivity contribution in [2.75, 3.05) is 32.5 Å². The van der Waals surface area contributed by atoms with Gasteiger partial charge in [-0.05, 0) is 39.8 Å². The number of hydrogen-bond donors (Lipinski definition) is 1.